The van der Waals surface area contributed by atoms with Gasteiger partial charge in [-0.15, -0.1) is 0 Å². The molecule has 4 nitrogen and oxygen atoms in total. The molecule has 0 atom stereocenters. The molecule has 0 aliphatic heterocycles. The quantitative estimate of drug-likeness (QED) is 0.303. The number of nitrogens with one attached hydrogen (secondary N) is 1. The molecular formula is C22H17IN2O2. The van der Waals surface area contributed by atoms with Crippen molar-refractivity contribution >= 4 is 40.3 Å². The number of benzene rings is 2. The monoisotopic (exact) mass is 468 g/mol. The smallest absolute Gasteiger partial charge is 0.266 e. The summed E-state index contributed by atoms with van der Waals surface area (Å²) in [6, 6.07) is 19.0. The van der Waals surface area contributed by atoms with Gasteiger partial charge in [0.15, 0.2) is 0 Å². The second kappa shape index (κ2) is 8.23. The van der Waals surface area contributed by atoms with E-state index in [1.54, 1.807) is 6.07 Å². The van der Waals surface area contributed by atoms with Crippen molar-refractivity contribution in [3.05, 3.63) is 80.6 Å². The lowest BCUT2D eigenvalue weighted by Gasteiger charge is -2.06. The van der Waals surface area contributed by atoms with Crippen LogP contribution >= 0.6 is 22.6 Å². The van der Waals surface area contributed by atoms with Crippen LogP contribution < -0.4 is 5.32 Å². The van der Waals surface area contributed by atoms with E-state index in [4.69, 9.17) is 4.42 Å². The van der Waals surface area contributed by atoms with Gasteiger partial charge in [-0.2, -0.15) is 5.26 Å². The van der Waals surface area contributed by atoms with Gasteiger partial charge in [-0.3, -0.25) is 4.79 Å². The first kappa shape index (κ1) is 18.9. The Morgan fingerprint density at radius 2 is 1.81 bits per heavy atom. The lowest BCUT2D eigenvalue weighted by molar-refractivity contribution is -0.112. The van der Waals surface area contributed by atoms with Crippen LogP contribution in [-0.4, -0.2) is 5.91 Å². The Labute approximate surface area is 171 Å². The summed E-state index contributed by atoms with van der Waals surface area (Å²) < 4.78 is 6.90. The van der Waals surface area contributed by atoms with Gasteiger partial charge in [-0.25, -0.2) is 0 Å². The van der Waals surface area contributed by atoms with Crippen LogP contribution in [0.4, 0.5) is 5.69 Å². The molecule has 1 N–H and O–H groups in total. The van der Waals surface area contributed by atoms with Crippen molar-refractivity contribution in [2.75, 3.05) is 5.32 Å². The van der Waals surface area contributed by atoms with Gasteiger partial charge in [0, 0.05) is 20.9 Å². The lowest BCUT2D eigenvalue weighted by Crippen LogP contribution is -2.13. The highest BCUT2D eigenvalue weighted by molar-refractivity contribution is 14.1. The molecule has 1 amide bonds. The van der Waals surface area contributed by atoms with E-state index in [0.29, 0.717) is 17.2 Å². The number of nitrogens with zero attached hydrogens (tertiary/aromatic N) is 1. The summed E-state index contributed by atoms with van der Waals surface area (Å²) in [6.45, 7) is 3.98. The van der Waals surface area contributed by atoms with Gasteiger partial charge in [0.05, 0.1) is 0 Å². The molecule has 1 aromatic heterocycles. The van der Waals surface area contributed by atoms with Crippen molar-refractivity contribution in [3.63, 3.8) is 0 Å². The average Bonchev–Trinajstić information content (AvgIpc) is 3.12. The predicted octanol–water partition coefficient (Wildman–Crippen LogP) is 5.71. The number of aryl methyl sites for hydroxylation is 2. The third-order valence-electron chi connectivity index (χ3n) is 4.17. The summed E-state index contributed by atoms with van der Waals surface area (Å²) in [5.74, 6) is 0.674. The Morgan fingerprint density at radius 1 is 1.07 bits per heavy atom. The van der Waals surface area contributed by atoms with E-state index in [1.165, 1.54) is 6.08 Å². The molecule has 0 fully saturated rings. The van der Waals surface area contributed by atoms with Gasteiger partial charge < -0.3 is 9.73 Å². The van der Waals surface area contributed by atoms with Crippen molar-refractivity contribution < 1.29 is 9.21 Å². The minimum absolute atomic E-state index is 0.0169. The molecule has 2 aromatic carbocycles. The first-order valence-corrected chi connectivity index (χ1v) is 9.40. The van der Waals surface area contributed by atoms with E-state index >= 15 is 0 Å². The second-order valence-electron chi connectivity index (χ2n) is 6.13. The van der Waals surface area contributed by atoms with Gasteiger partial charge >= 0.3 is 0 Å². The van der Waals surface area contributed by atoms with E-state index in [-0.39, 0.29) is 5.57 Å². The van der Waals surface area contributed by atoms with Gasteiger partial charge in [0.25, 0.3) is 5.91 Å². The Bertz CT molecular complexity index is 1060. The zero-order valence-electron chi connectivity index (χ0n) is 14.9. The predicted molar refractivity (Wildman–Crippen MR) is 115 cm³/mol. The highest BCUT2D eigenvalue weighted by Crippen LogP contribution is 2.24. The number of amides is 1. The third-order valence-corrected chi connectivity index (χ3v) is 4.89. The molecule has 0 aliphatic rings. The second-order valence-corrected chi connectivity index (χ2v) is 7.38. The summed E-state index contributed by atoms with van der Waals surface area (Å²) in [7, 11) is 0. The number of furan rings is 1. The van der Waals surface area contributed by atoms with Crippen molar-refractivity contribution in [1.82, 2.24) is 0 Å². The molecule has 5 heteroatoms. The summed E-state index contributed by atoms with van der Waals surface area (Å²) in [6.07, 6.45) is 1.45. The number of hydrogen-bond acceptors (Lipinski definition) is 3. The Kier molecular flexibility index (Phi) is 5.77. The molecule has 0 saturated carbocycles. The minimum Gasteiger partial charge on any atom is -0.457 e. The molecule has 0 radical (unpaired) electrons. The zero-order chi connectivity index (χ0) is 19.4. The molecule has 0 unspecified atom stereocenters. The fourth-order valence-corrected chi connectivity index (χ4v) is 2.87. The third kappa shape index (κ3) is 4.66. The minimum atomic E-state index is -0.465. The largest absolute Gasteiger partial charge is 0.457 e. The molecule has 3 rings (SSSR count). The van der Waals surface area contributed by atoms with E-state index in [2.05, 4.69) is 27.9 Å². The lowest BCUT2D eigenvalue weighted by atomic mass is 10.1. The molecule has 0 aliphatic carbocycles. The van der Waals surface area contributed by atoms with Crippen LogP contribution in [0.15, 0.2) is 64.6 Å². The first-order chi connectivity index (χ1) is 13.0. The fraction of sp³-hybridized carbons (Fsp3) is 0.0909. The maximum atomic E-state index is 12.4. The number of halogens is 1. The molecular weight excluding hydrogens is 451 g/mol. The van der Waals surface area contributed by atoms with E-state index in [9.17, 15) is 10.1 Å². The first-order valence-electron chi connectivity index (χ1n) is 8.32. The van der Waals surface area contributed by atoms with Gasteiger partial charge in [-0.05, 0) is 84.0 Å². The number of rotatable bonds is 4. The van der Waals surface area contributed by atoms with Crippen LogP contribution in [0.3, 0.4) is 0 Å². The number of carbonyl (C=O) groups is 1. The van der Waals surface area contributed by atoms with Crippen molar-refractivity contribution in [1.29, 1.82) is 5.26 Å². The van der Waals surface area contributed by atoms with Crippen LogP contribution in [0.1, 0.15) is 16.9 Å². The Hall–Kier alpha value is -2.85. The van der Waals surface area contributed by atoms with E-state index in [1.807, 2.05) is 68.4 Å². The molecule has 0 saturated heterocycles. The van der Waals surface area contributed by atoms with Gasteiger partial charge in [0.1, 0.15) is 23.2 Å². The standard InChI is InChI=1S/C22H17IN2O2/c1-14-3-8-19(11-15(14)2)25-22(26)17(13-24)12-20-9-10-21(27-20)16-4-6-18(23)7-5-16/h3-12H,1-2H3,(H,25,26)/b17-12+. The maximum absolute atomic E-state index is 12.4. The SMILES string of the molecule is Cc1ccc(NC(=O)/C(C#N)=C/c2ccc(-c3ccc(I)cc3)o2)cc1C. The maximum Gasteiger partial charge on any atom is 0.266 e. The van der Waals surface area contributed by atoms with E-state index in [0.717, 1.165) is 20.3 Å². The summed E-state index contributed by atoms with van der Waals surface area (Å²) in [5.41, 5.74) is 3.79. The van der Waals surface area contributed by atoms with Crippen LogP contribution in [-0.2, 0) is 4.79 Å². The number of carbonyl (C=O) groups excluding carboxylic acids is 1. The number of nitriles is 1. The topological polar surface area (TPSA) is 66.0 Å². The van der Waals surface area contributed by atoms with Crippen molar-refractivity contribution in [3.8, 4) is 17.4 Å². The zero-order valence-corrected chi connectivity index (χ0v) is 17.1. The number of anilines is 1. The van der Waals surface area contributed by atoms with Crippen LogP contribution in [0.2, 0.25) is 0 Å². The molecule has 27 heavy (non-hydrogen) atoms. The van der Waals surface area contributed by atoms with Crippen LogP contribution in [0.5, 0.6) is 0 Å². The van der Waals surface area contributed by atoms with Crippen LogP contribution in [0.25, 0.3) is 17.4 Å². The highest BCUT2D eigenvalue weighted by Gasteiger charge is 2.12. The molecule has 134 valence electrons. The van der Waals surface area contributed by atoms with Crippen molar-refractivity contribution in [2.24, 2.45) is 0 Å². The molecule has 1 heterocycles. The van der Waals surface area contributed by atoms with Gasteiger partial charge in [0.2, 0.25) is 0 Å². The molecule has 0 bridgehead atoms. The van der Waals surface area contributed by atoms with E-state index < -0.39 is 5.91 Å². The molecule has 0 spiro atoms. The Balaban J connectivity index is 1.79. The van der Waals surface area contributed by atoms with Crippen molar-refractivity contribution in [2.45, 2.75) is 13.8 Å². The summed E-state index contributed by atoms with van der Waals surface area (Å²) >= 11 is 2.24. The summed E-state index contributed by atoms with van der Waals surface area (Å²) in [4.78, 5) is 12.4. The normalized spacial score (nSPS) is 11.1. The average molecular weight is 468 g/mol. The number of hydrogen-bond donors (Lipinski definition) is 1. The highest BCUT2D eigenvalue weighted by atomic mass is 127. The summed E-state index contributed by atoms with van der Waals surface area (Å²) in [5, 5.41) is 12.1. The van der Waals surface area contributed by atoms with Crippen LogP contribution in [0, 0.1) is 28.7 Å². The molecule has 3 aromatic rings. The Morgan fingerprint density at radius 3 is 2.48 bits per heavy atom. The fourth-order valence-electron chi connectivity index (χ4n) is 2.51. The van der Waals surface area contributed by atoms with Gasteiger partial charge in [-0.1, -0.05) is 18.2 Å².